The van der Waals surface area contributed by atoms with E-state index in [9.17, 15) is 4.39 Å². The third-order valence-corrected chi connectivity index (χ3v) is 2.46. The number of benzene rings is 1. The Labute approximate surface area is 101 Å². The number of rotatable bonds is 8. The third kappa shape index (κ3) is 4.79. The highest BCUT2D eigenvalue weighted by atomic mass is 19.1. The van der Waals surface area contributed by atoms with Crippen molar-refractivity contribution in [3.05, 3.63) is 35.6 Å². The summed E-state index contributed by atoms with van der Waals surface area (Å²) in [5, 5.41) is 0. The maximum Gasteiger partial charge on any atom is 0.128 e. The van der Waals surface area contributed by atoms with E-state index in [0.717, 1.165) is 0 Å². The first-order valence-corrected chi connectivity index (χ1v) is 5.56. The van der Waals surface area contributed by atoms with Gasteiger partial charge < -0.3 is 9.47 Å². The van der Waals surface area contributed by atoms with E-state index in [1.165, 1.54) is 6.07 Å². The van der Waals surface area contributed by atoms with E-state index < -0.39 is 0 Å². The zero-order valence-corrected chi connectivity index (χ0v) is 9.99. The van der Waals surface area contributed by atoms with Crippen molar-refractivity contribution in [1.82, 2.24) is 5.43 Å². The summed E-state index contributed by atoms with van der Waals surface area (Å²) in [6.07, 6.45) is 0.612. The topological polar surface area (TPSA) is 56.5 Å². The van der Waals surface area contributed by atoms with Crippen molar-refractivity contribution < 1.29 is 13.9 Å². The maximum absolute atomic E-state index is 13.5. The lowest BCUT2D eigenvalue weighted by Gasteiger charge is -2.16. The molecule has 0 amide bonds. The van der Waals surface area contributed by atoms with Crippen LogP contribution < -0.4 is 11.3 Å². The molecule has 0 bridgehead atoms. The summed E-state index contributed by atoms with van der Waals surface area (Å²) in [6.45, 7) is 1.60. The van der Waals surface area contributed by atoms with E-state index in [-0.39, 0.29) is 11.9 Å². The Morgan fingerprint density at radius 1 is 1.29 bits per heavy atom. The van der Waals surface area contributed by atoms with Crippen LogP contribution in [0.2, 0.25) is 0 Å². The fourth-order valence-electron chi connectivity index (χ4n) is 1.53. The van der Waals surface area contributed by atoms with E-state index >= 15 is 0 Å². The lowest BCUT2D eigenvalue weighted by atomic mass is 10.0. The number of hydrazine groups is 1. The smallest absolute Gasteiger partial charge is 0.128 e. The molecule has 96 valence electrons. The zero-order chi connectivity index (χ0) is 12.5. The number of hydrogen-bond donors (Lipinski definition) is 2. The summed E-state index contributed by atoms with van der Waals surface area (Å²) < 4.78 is 23.7. The molecule has 5 heteroatoms. The Morgan fingerprint density at radius 3 is 2.71 bits per heavy atom. The van der Waals surface area contributed by atoms with Gasteiger partial charge >= 0.3 is 0 Å². The summed E-state index contributed by atoms with van der Waals surface area (Å²) in [4.78, 5) is 0. The second-order valence-corrected chi connectivity index (χ2v) is 3.63. The fraction of sp³-hybridized carbons (Fsp3) is 0.500. The maximum atomic E-state index is 13.5. The number of ether oxygens (including phenoxy) is 2. The van der Waals surface area contributed by atoms with E-state index in [1.807, 2.05) is 0 Å². The second-order valence-electron chi connectivity index (χ2n) is 3.63. The minimum Gasteiger partial charge on any atom is -0.382 e. The lowest BCUT2D eigenvalue weighted by Crippen LogP contribution is -2.29. The summed E-state index contributed by atoms with van der Waals surface area (Å²) in [6, 6.07) is 6.34. The van der Waals surface area contributed by atoms with Gasteiger partial charge in [-0.05, 0) is 12.5 Å². The molecule has 0 heterocycles. The molecule has 0 radical (unpaired) electrons. The van der Waals surface area contributed by atoms with E-state index in [1.54, 1.807) is 25.3 Å². The molecule has 0 aliphatic rings. The summed E-state index contributed by atoms with van der Waals surface area (Å²) in [5.74, 6) is 5.16. The molecule has 0 aliphatic heterocycles. The highest BCUT2D eigenvalue weighted by Gasteiger charge is 2.13. The van der Waals surface area contributed by atoms with Gasteiger partial charge in [0.1, 0.15) is 5.82 Å². The Morgan fingerprint density at radius 2 is 2.06 bits per heavy atom. The van der Waals surface area contributed by atoms with Crippen molar-refractivity contribution in [3.63, 3.8) is 0 Å². The minimum absolute atomic E-state index is 0.237. The highest BCUT2D eigenvalue weighted by Crippen LogP contribution is 2.18. The van der Waals surface area contributed by atoms with Crippen LogP contribution in [0.15, 0.2) is 24.3 Å². The molecule has 1 aromatic rings. The summed E-state index contributed by atoms with van der Waals surface area (Å²) >= 11 is 0. The average Bonchev–Trinajstić information content (AvgIpc) is 2.35. The van der Waals surface area contributed by atoms with Crippen LogP contribution in [0, 0.1) is 5.82 Å². The van der Waals surface area contributed by atoms with Crippen LogP contribution in [-0.4, -0.2) is 26.9 Å². The zero-order valence-electron chi connectivity index (χ0n) is 9.99. The van der Waals surface area contributed by atoms with Crippen LogP contribution in [0.25, 0.3) is 0 Å². The molecule has 0 aliphatic carbocycles. The number of halogens is 1. The molecule has 1 rings (SSSR count). The highest BCUT2D eigenvalue weighted by molar-refractivity contribution is 5.20. The van der Waals surface area contributed by atoms with Crippen molar-refractivity contribution in [2.75, 3.05) is 26.9 Å². The molecule has 0 saturated carbocycles. The Bertz CT molecular complexity index is 323. The quantitative estimate of drug-likeness (QED) is 0.411. The normalized spacial score (nSPS) is 12.6. The number of hydrogen-bond acceptors (Lipinski definition) is 4. The molecule has 4 nitrogen and oxygen atoms in total. The molecule has 0 fully saturated rings. The standard InChI is InChI=1S/C12H19FN2O2/c1-16-8-9-17-7-6-12(15-14)10-4-2-3-5-11(10)13/h2-5,12,15H,6-9,14H2,1H3. The number of nitrogens with one attached hydrogen (secondary N) is 1. The van der Waals surface area contributed by atoms with Crippen LogP contribution >= 0.6 is 0 Å². The fourth-order valence-corrected chi connectivity index (χ4v) is 1.53. The molecule has 0 saturated heterocycles. The van der Waals surface area contributed by atoms with Crippen LogP contribution in [0.4, 0.5) is 4.39 Å². The molecule has 1 unspecified atom stereocenters. The van der Waals surface area contributed by atoms with Crippen LogP contribution in [0.5, 0.6) is 0 Å². The van der Waals surface area contributed by atoms with E-state index in [0.29, 0.717) is 31.8 Å². The van der Waals surface area contributed by atoms with E-state index in [4.69, 9.17) is 15.3 Å². The molecule has 1 aromatic carbocycles. The Hall–Kier alpha value is -1.01. The number of methoxy groups -OCH3 is 1. The first-order valence-electron chi connectivity index (χ1n) is 5.56. The molecular formula is C12H19FN2O2. The van der Waals surface area contributed by atoms with Crippen molar-refractivity contribution in [2.24, 2.45) is 5.84 Å². The van der Waals surface area contributed by atoms with Gasteiger partial charge in [0.05, 0.1) is 19.3 Å². The first-order chi connectivity index (χ1) is 8.29. The third-order valence-electron chi connectivity index (χ3n) is 2.46. The van der Waals surface area contributed by atoms with Gasteiger partial charge in [-0.2, -0.15) is 0 Å². The van der Waals surface area contributed by atoms with Crippen molar-refractivity contribution in [2.45, 2.75) is 12.5 Å². The summed E-state index contributed by atoms with van der Waals surface area (Å²) in [5.41, 5.74) is 3.16. The Kier molecular flexibility index (Phi) is 6.73. The van der Waals surface area contributed by atoms with Gasteiger partial charge in [-0.1, -0.05) is 18.2 Å². The monoisotopic (exact) mass is 242 g/mol. The molecule has 3 N–H and O–H groups in total. The van der Waals surface area contributed by atoms with Gasteiger partial charge in [-0.15, -0.1) is 0 Å². The SMILES string of the molecule is COCCOCCC(NN)c1ccccc1F. The lowest BCUT2D eigenvalue weighted by molar-refractivity contribution is 0.0656. The van der Waals surface area contributed by atoms with Gasteiger partial charge in [0, 0.05) is 19.3 Å². The summed E-state index contributed by atoms with van der Waals surface area (Å²) in [7, 11) is 1.62. The molecule has 1 atom stereocenters. The first kappa shape index (κ1) is 14.1. The second kappa shape index (κ2) is 8.14. The Balaban J connectivity index is 2.41. The van der Waals surface area contributed by atoms with Crippen molar-refractivity contribution in [3.8, 4) is 0 Å². The molecular weight excluding hydrogens is 223 g/mol. The predicted molar refractivity (Wildman–Crippen MR) is 63.8 cm³/mol. The predicted octanol–water partition coefficient (Wildman–Crippen LogP) is 1.38. The molecule has 0 aromatic heterocycles. The largest absolute Gasteiger partial charge is 0.382 e. The van der Waals surface area contributed by atoms with Gasteiger partial charge in [0.15, 0.2) is 0 Å². The van der Waals surface area contributed by atoms with Gasteiger partial charge in [0.2, 0.25) is 0 Å². The van der Waals surface area contributed by atoms with Gasteiger partial charge in [-0.3, -0.25) is 11.3 Å². The number of nitrogens with two attached hydrogens (primary N) is 1. The molecule has 17 heavy (non-hydrogen) atoms. The van der Waals surface area contributed by atoms with Crippen molar-refractivity contribution in [1.29, 1.82) is 0 Å². The van der Waals surface area contributed by atoms with E-state index in [2.05, 4.69) is 5.43 Å². The van der Waals surface area contributed by atoms with Crippen LogP contribution in [0.1, 0.15) is 18.0 Å². The van der Waals surface area contributed by atoms with Crippen molar-refractivity contribution >= 4 is 0 Å². The average molecular weight is 242 g/mol. The molecule has 0 spiro atoms. The van der Waals surface area contributed by atoms with Crippen LogP contribution in [0.3, 0.4) is 0 Å². The minimum atomic E-state index is -0.257. The van der Waals surface area contributed by atoms with Gasteiger partial charge in [0.25, 0.3) is 0 Å². The van der Waals surface area contributed by atoms with Crippen LogP contribution in [-0.2, 0) is 9.47 Å². The van der Waals surface area contributed by atoms with Gasteiger partial charge in [-0.25, -0.2) is 4.39 Å².